The van der Waals surface area contributed by atoms with Crippen molar-refractivity contribution in [2.75, 3.05) is 7.11 Å². The molecule has 32 heavy (non-hydrogen) atoms. The van der Waals surface area contributed by atoms with Gasteiger partial charge in [-0.15, -0.1) is 0 Å². The van der Waals surface area contributed by atoms with Gasteiger partial charge in [-0.2, -0.15) is 0 Å². The number of aryl methyl sites for hydroxylation is 1. The second kappa shape index (κ2) is 11.5. The highest BCUT2D eigenvalue weighted by atomic mass is 19.2. The summed E-state index contributed by atoms with van der Waals surface area (Å²) in [5.41, 5.74) is 2.30. The first-order valence-electron chi connectivity index (χ1n) is 10.3. The van der Waals surface area contributed by atoms with Crippen LogP contribution in [0.25, 0.3) is 5.57 Å². The van der Waals surface area contributed by atoms with E-state index in [1.807, 2.05) is 0 Å². The van der Waals surface area contributed by atoms with Gasteiger partial charge in [0.1, 0.15) is 11.6 Å². The number of halogens is 3. The van der Waals surface area contributed by atoms with E-state index in [0.717, 1.165) is 11.6 Å². The van der Waals surface area contributed by atoms with Crippen molar-refractivity contribution in [1.29, 1.82) is 0 Å². The zero-order chi connectivity index (χ0) is 23.8. The molecule has 0 spiro atoms. The predicted molar refractivity (Wildman–Crippen MR) is 124 cm³/mol. The lowest BCUT2D eigenvalue weighted by atomic mass is 9.90. The zero-order valence-corrected chi connectivity index (χ0v) is 18.4. The number of ether oxygens (including phenoxy) is 1. The monoisotopic (exact) mass is 442 g/mol. The maximum atomic E-state index is 14.6. The predicted octanol–water partition coefficient (Wildman–Crippen LogP) is 7.06. The van der Waals surface area contributed by atoms with Gasteiger partial charge in [-0.1, -0.05) is 62.2 Å². The molecule has 1 aliphatic carbocycles. The number of allylic oxidation sites excluding steroid dienone is 8. The normalized spacial score (nSPS) is 16.6. The maximum Gasteiger partial charge on any atom is 0.166 e. The third-order valence-corrected chi connectivity index (χ3v) is 5.35. The highest BCUT2D eigenvalue weighted by molar-refractivity contribution is 5.67. The molecule has 2 rings (SSSR count). The van der Waals surface area contributed by atoms with Gasteiger partial charge in [0, 0.05) is 17.2 Å². The van der Waals surface area contributed by atoms with Gasteiger partial charge in [0.15, 0.2) is 11.6 Å². The molecule has 0 fully saturated rings. The van der Waals surface area contributed by atoms with Gasteiger partial charge >= 0.3 is 0 Å². The van der Waals surface area contributed by atoms with Crippen LogP contribution in [0, 0.1) is 11.6 Å². The number of hydrogen-bond acceptors (Lipinski definition) is 2. The lowest BCUT2D eigenvalue weighted by Gasteiger charge is -2.18. The van der Waals surface area contributed by atoms with Crippen molar-refractivity contribution in [3.8, 4) is 0 Å². The molecular formula is C27H29F3O2. The van der Waals surface area contributed by atoms with Gasteiger partial charge in [-0.25, -0.2) is 13.2 Å². The molecule has 0 heterocycles. The molecular weight excluding hydrogens is 413 g/mol. The molecule has 0 saturated heterocycles. The average molecular weight is 443 g/mol. The minimum Gasteiger partial charge on any atom is -0.497 e. The Balaban J connectivity index is 1.98. The van der Waals surface area contributed by atoms with Crippen molar-refractivity contribution < 1.29 is 23.0 Å². The molecule has 0 radical (unpaired) electrons. The van der Waals surface area contributed by atoms with Gasteiger partial charge < -0.3 is 9.84 Å². The minimum absolute atomic E-state index is 0.0838. The van der Waals surface area contributed by atoms with Gasteiger partial charge in [0.25, 0.3) is 0 Å². The van der Waals surface area contributed by atoms with E-state index in [4.69, 9.17) is 4.74 Å². The van der Waals surface area contributed by atoms with E-state index in [9.17, 15) is 18.3 Å². The second-order valence-electron chi connectivity index (χ2n) is 7.72. The fourth-order valence-corrected chi connectivity index (χ4v) is 3.23. The Bertz CT molecular complexity index is 1010. The average Bonchev–Trinajstić information content (AvgIpc) is 2.78. The van der Waals surface area contributed by atoms with Crippen LogP contribution >= 0.6 is 0 Å². The van der Waals surface area contributed by atoms with Gasteiger partial charge in [-0.3, -0.25) is 0 Å². The number of hydrogen-bond donors (Lipinski definition) is 1. The van der Waals surface area contributed by atoms with Crippen molar-refractivity contribution in [3.05, 3.63) is 114 Å². The van der Waals surface area contributed by atoms with Crippen molar-refractivity contribution in [2.24, 2.45) is 0 Å². The summed E-state index contributed by atoms with van der Waals surface area (Å²) in [7, 11) is 1.38. The largest absolute Gasteiger partial charge is 0.497 e. The summed E-state index contributed by atoms with van der Waals surface area (Å²) in [5, 5.41) is 9.58. The lowest BCUT2D eigenvalue weighted by Crippen LogP contribution is -2.11. The fraction of sp³-hybridized carbons (Fsp3) is 0.259. The quantitative estimate of drug-likeness (QED) is 0.310. The standard InChI is InChI=1S/C27H29F3O2/c1-17(6-8-18(2)20(4)25(28)16-19(3)32-5)7-9-22-12-15-24(27(30)26(22)29)21-10-13-23(31)14-11-21/h6,8,10,12,15-16,23,31H,1-4,7,9,11,13-14H2,5H3/b8-6-,25-16+. The van der Waals surface area contributed by atoms with Crippen LogP contribution in [-0.2, 0) is 11.2 Å². The van der Waals surface area contributed by atoms with E-state index in [1.165, 1.54) is 7.11 Å². The molecule has 1 unspecified atom stereocenters. The summed E-state index contributed by atoms with van der Waals surface area (Å²) >= 11 is 0. The number of benzene rings is 1. The summed E-state index contributed by atoms with van der Waals surface area (Å²) in [6.07, 6.45) is 7.83. The zero-order valence-electron chi connectivity index (χ0n) is 18.4. The van der Waals surface area contributed by atoms with E-state index < -0.39 is 23.6 Å². The van der Waals surface area contributed by atoms with Crippen LogP contribution < -0.4 is 0 Å². The number of methoxy groups -OCH3 is 1. The first kappa shape index (κ1) is 25.2. The summed E-state index contributed by atoms with van der Waals surface area (Å²) in [6, 6.07) is 3.17. The Kier molecular flexibility index (Phi) is 9.09. The molecule has 0 saturated carbocycles. The van der Waals surface area contributed by atoms with E-state index >= 15 is 0 Å². The van der Waals surface area contributed by atoms with Crippen LogP contribution in [0.2, 0.25) is 0 Å². The maximum absolute atomic E-state index is 14.6. The Morgan fingerprint density at radius 2 is 1.88 bits per heavy atom. The Morgan fingerprint density at radius 3 is 2.50 bits per heavy atom. The van der Waals surface area contributed by atoms with Crippen LogP contribution in [0.5, 0.6) is 0 Å². The van der Waals surface area contributed by atoms with Crippen molar-refractivity contribution in [3.63, 3.8) is 0 Å². The van der Waals surface area contributed by atoms with Crippen molar-refractivity contribution >= 4 is 5.57 Å². The van der Waals surface area contributed by atoms with Crippen LogP contribution in [-0.4, -0.2) is 18.3 Å². The SMILES string of the molecule is C=C(/C=C\C(=C)C(=C)/C(F)=C\C(=C)OC)CCc1ccc(C2=CCC(O)CC2)c(F)c1F. The first-order valence-corrected chi connectivity index (χ1v) is 10.3. The number of rotatable bonds is 10. The summed E-state index contributed by atoms with van der Waals surface area (Å²) in [6.45, 7) is 14.9. The molecule has 1 N–H and O–H groups in total. The van der Waals surface area contributed by atoms with E-state index in [0.29, 0.717) is 36.8 Å². The molecule has 1 aromatic rings. The fourth-order valence-electron chi connectivity index (χ4n) is 3.23. The summed E-state index contributed by atoms with van der Waals surface area (Å²) in [4.78, 5) is 0. The third kappa shape index (κ3) is 6.72. The molecule has 0 aliphatic heterocycles. The van der Waals surface area contributed by atoms with Crippen LogP contribution in [0.15, 0.2) is 91.1 Å². The molecule has 0 amide bonds. The molecule has 1 aliphatic rings. The van der Waals surface area contributed by atoms with Crippen LogP contribution in [0.3, 0.4) is 0 Å². The van der Waals surface area contributed by atoms with Crippen LogP contribution in [0.1, 0.15) is 36.8 Å². The van der Waals surface area contributed by atoms with Gasteiger partial charge in [0.2, 0.25) is 0 Å². The highest BCUT2D eigenvalue weighted by Gasteiger charge is 2.19. The first-order chi connectivity index (χ1) is 15.1. The van der Waals surface area contributed by atoms with Gasteiger partial charge in [0.05, 0.1) is 13.2 Å². The molecule has 0 aromatic heterocycles. The minimum atomic E-state index is -0.866. The smallest absolute Gasteiger partial charge is 0.166 e. The third-order valence-electron chi connectivity index (χ3n) is 5.35. The van der Waals surface area contributed by atoms with Crippen molar-refractivity contribution in [1.82, 2.24) is 0 Å². The van der Waals surface area contributed by atoms with Crippen LogP contribution in [0.4, 0.5) is 13.2 Å². The number of aliphatic hydroxyl groups is 1. The van der Waals surface area contributed by atoms with E-state index in [1.54, 1.807) is 30.4 Å². The lowest BCUT2D eigenvalue weighted by molar-refractivity contribution is 0.166. The molecule has 5 heteroatoms. The Morgan fingerprint density at radius 1 is 1.16 bits per heavy atom. The molecule has 170 valence electrons. The Labute approximate surface area is 188 Å². The van der Waals surface area contributed by atoms with Crippen molar-refractivity contribution in [2.45, 2.75) is 38.2 Å². The van der Waals surface area contributed by atoms with E-state index in [2.05, 4.69) is 26.3 Å². The topological polar surface area (TPSA) is 29.5 Å². The molecule has 0 bridgehead atoms. The van der Waals surface area contributed by atoms with E-state index in [-0.39, 0.29) is 28.9 Å². The molecule has 1 atom stereocenters. The Hall–Kier alpha value is -3.05. The highest BCUT2D eigenvalue weighted by Crippen LogP contribution is 2.31. The van der Waals surface area contributed by atoms with Gasteiger partial charge in [-0.05, 0) is 48.8 Å². The number of aliphatic hydroxyl groups excluding tert-OH is 1. The second-order valence-corrected chi connectivity index (χ2v) is 7.72. The summed E-state index contributed by atoms with van der Waals surface area (Å²) < 4.78 is 48.1. The summed E-state index contributed by atoms with van der Waals surface area (Å²) in [5.74, 6) is -2.19. The molecule has 2 nitrogen and oxygen atoms in total. The molecule has 1 aromatic carbocycles.